The normalized spacial score (nSPS) is 10.6. The number of aromatic nitrogens is 3. The molecule has 1 N–H and O–H groups in total. The second-order valence-electron chi connectivity index (χ2n) is 6.70. The number of methoxy groups -OCH3 is 1. The summed E-state index contributed by atoms with van der Waals surface area (Å²) >= 11 is 7.29. The number of para-hydroxylation sites is 1. The van der Waals surface area contributed by atoms with Crippen molar-refractivity contribution in [3.05, 3.63) is 88.1 Å². The van der Waals surface area contributed by atoms with E-state index in [9.17, 15) is 4.79 Å². The van der Waals surface area contributed by atoms with Crippen molar-refractivity contribution in [1.82, 2.24) is 15.2 Å². The number of rotatable bonds is 7. The average molecular weight is 451 g/mol. The van der Waals surface area contributed by atoms with Crippen molar-refractivity contribution in [3.8, 4) is 16.9 Å². The van der Waals surface area contributed by atoms with Crippen LogP contribution in [0.5, 0.6) is 5.75 Å². The van der Waals surface area contributed by atoms with Gasteiger partial charge in [0.25, 0.3) is 5.91 Å². The molecule has 156 valence electrons. The number of amides is 1. The number of nitrogens with one attached hydrogen (secondary N) is 1. The van der Waals surface area contributed by atoms with Crippen molar-refractivity contribution >= 4 is 34.0 Å². The first-order chi connectivity index (χ1) is 15.1. The Morgan fingerprint density at radius 1 is 1.03 bits per heavy atom. The highest BCUT2D eigenvalue weighted by Gasteiger charge is 2.17. The molecule has 0 spiro atoms. The summed E-state index contributed by atoms with van der Waals surface area (Å²) in [5.41, 5.74) is 3.16. The Hall–Kier alpha value is -3.29. The van der Waals surface area contributed by atoms with E-state index in [1.54, 1.807) is 25.6 Å². The van der Waals surface area contributed by atoms with Gasteiger partial charge in [-0.25, -0.2) is 0 Å². The quantitative estimate of drug-likeness (QED) is 0.413. The van der Waals surface area contributed by atoms with E-state index in [-0.39, 0.29) is 5.91 Å². The van der Waals surface area contributed by atoms with Crippen LogP contribution in [-0.2, 0) is 12.8 Å². The predicted molar refractivity (Wildman–Crippen MR) is 123 cm³/mol. The lowest BCUT2D eigenvalue weighted by Gasteiger charge is -2.11. The molecule has 0 fully saturated rings. The van der Waals surface area contributed by atoms with Crippen molar-refractivity contribution < 1.29 is 9.53 Å². The van der Waals surface area contributed by atoms with Gasteiger partial charge in [0.2, 0.25) is 5.13 Å². The topological polar surface area (TPSA) is 77.0 Å². The number of carbonyl (C=O) groups is 1. The Morgan fingerprint density at radius 2 is 1.84 bits per heavy atom. The summed E-state index contributed by atoms with van der Waals surface area (Å²) < 4.78 is 5.45. The number of benzene rings is 2. The van der Waals surface area contributed by atoms with E-state index in [1.807, 2.05) is 48.5 Å². The molecule has 4 rings (SSSR count). The maximum atomic E-state index is 13.0. The Labute approximate surface area is 188 Å². The zero-order valence-corrected chi connectivity index (χ0v) is 18.3. The molecule has 0 aliphatic carbocycles. The first-order valence-electron chi connectivity index (χ1n) is 9.59. The van der Waals surface area contributed by atoms with Crippen molar-refractivity contribution in [2.75, 3.05) is 12.4 Å². The monoisotopic (exact) mass is 450 g/mol. The van der Waals surface area contributed by atoms with Gasteiger partial charge in [-0.15, -0.1) is 10.2 Å². The lowest BCUT2D eigenvalue weighted by Crippen LogP contribution is -2.13. The smallest absolute Gasteiger partial charge is 0.259 e. The molecular weight excluding hydrogens is 432 g/mol. The minimum absolute atomic E-state index is 0.297. The molecule has 0 saturated heterocycles. The molecule has 6 nitrogen and oxygen atoms in total. The lowest BCUT2D eigenvalue weighted by molar-refractivity contribution is 0.102. The van der Waals surface area contributed by atoms with Crippen LogP contribution < -0.4 is 10.1 Å². The molecule has 0 saturated carbocycles. The zero-order valence-electron chi connectivity index (χ0n) is 16.7. The molecule has 0 aliphatic rings. The molecule has 0 atom stereocenters. The van der Waals surface area contributed by atoms with Gasteiger partial charge in [0.15, 0.2) is 0 Å². The molecule has 2 aromatic carbocycles. The Morgan fingerprint density at radius 3 is 2.65 bits per heavy atom. The van der Waals surface area contributed by atoms with E-state index in [0.29, 0.717) is 21.5 Å². The summed E-state index contributed by atoms with van der Waals surface area (Å²) in [4.78, 5) is 17.1. The minimum Gasteiger partial charge on any atom is -0.496 e. The van der Waals surface area contributed by atoms with Crippen LogP contribution in [0.2, 0.25) is 5.02 Å². The molecule has 31 heavy (non-hydrogen) atoms. The van der Waals surface area contributed by atoms with Crippen LogP contribution in [0.4, 0.5) is 5.13 Å². The van der Waals surface area contributed by atoms with Gasteiger partial charge in [-0.1, -0.05) is 53.3 Å². The number of carbonyl (C=O) groups excluding carboxylic acids is 1. The van der Waals surface area contributed by atoms with Crippen LogP contribution in [0.3, 0.4) is 0 Å². The van der Waals surface area contributed by atoms with Crippen LogP contribution >= 0.6 is 22.9 Å². The Bertz CT molecular complexity index is 1190. The molecule has 2 heterocycles. The van der Waals surface area contributed by atoms with Crippen LogP contribution in [0.15, 0.2) is 67.0 Å². The molecule has 1 amide bonds. The SMILES string of the molecule is COc1ccccc1-c1ccncc1C(=O)Nc1nnc(CCc2ccc(Cl)cc2)s1. The summed E-state index contributed by atoms with van der Waals surface area (Å²) in [7, 11) is 1.60. The van der Waals surface area contributed by atoms with Crippen LogP contribution in [-0.4, -0.2) is 28.2 Å². The fourth-order valence-corrected chi connectivity index (χ4v) is 4.01. The number of aryl methyl sites for hydroxylation is 2. The minimum atomic E-state index is -0.297. The highest BCUT2D eigenvalue weighted by Crippen LogP contribution is 2.32. The largest absolute Gasteiger partial charge is 0.496 e. The molecular formula is C23H19ClN4O2S. The second-order valence-corrected chi connectivity index (χ2v) is 8.20. The highest BCUT2D eigenvalue weighted by molar-refractivity contribution is 7.15. The molecule has 0 aliphatic heterocycles. The summed E-state index contributed by atoms with van der Waals surface area (Å²) in [5, 5.41) is 13.2. The van der Waals surface area contributed by atoms with Gasteiger partial charge in [0, 0.05) is 35.0 Å². The summed E-state index contributed by atoms with van der Waals surface area (Å²) in [6, 6.07) is 17.1. The van der Waals surface area contributed by atoms with Crippen molar-refractivity contribution in [2.45, 2.75) is 12.8 Å². The van der Waals surface area contributed by atoms with Gasteiger partial charge >= 0.3 is 0 Å². The fourth-order valence-electron chi connectivity index (χ4n) is 3.15. The maximum Gasteiger partial charge on any atom is 0.259 e. The fraction of sp³-hybridized carbons (Fsp3) is 0.130. The van der Waals surface area contributed by atoms with Crippen molar-refractivity contribution in [3.63, 3.8) is 0 Å². The van der Waals surface area contributed by atoms with E-state index in [1.165, 1.54) is 16.9 Å². The third kappa shape index (κ3) is 5.07. The number of anilines is 1. The van der Waals surface area contributed by atoms with E-state index in [4.69, 9.17) is 16.3 Å². The first kappa shape index (κ1) is 21.0. The van der Waals surface area contributed by atoms with E-state index in [2.05, 4.69) is 20.5 Å². The number of nitrogens with zero attached hydrogens (tertiary/aromatic N) is 3. The van der Waals surface area contributed by atoms with E-state index >= 15 is 0 Å². The van der Waals surface area contributed by atoms with Gasteiger partial charge in [0.05, 0.1) is 12.7 Å². The Balaban J connectivity index is 1.48. The average Bonchev–Trinajstić information content (AvgIpc) is 3.26. The van der Waals surface area contributed by atoms with Gasteiger partial charge in [-0.3, -0.25) is 15.1 Å². The maximum absolute atomic E-state index is 13.0. The van der Waals surface area contributed by atoms with Crippen molar-refractivity contribution in [2.24, 2.45) is 0 Å². The number of halogens is 1. The lowest BCUT2D eigenvalue weighted by atomic mass is 10.0. The van der Waals surface area contributed by atoms with Gasteiger partial charge < -0.3 is 4.74 Å². The summed E-state index contributed by atoms with van der Waals surface area (Å²) in [6.45, 7) is 0. The molecule has 0 bridgehead atoms. The molecule has 2 aromatic heterocycles. The van der Waals surface area contributed by atoms with Gasteiger partial charge in [-0.05, 0) is 36.2 Å². The van der Waals surface area contributed by atoms with Crippen LogP contribution in [0.1, 0.15) is 20.9 Å². The first-order valence-corrected chi connectivity index (χ1v) is 10.8. The van der Waals surface area contributed by atoms with E-state index in [0.717, 1.165) is 29.0 Å². The number of ether oxygens (including phenoxy) is 1. The second kappa shape index (κ2) is 9.68. The van der Waals surface area contributed by atoms with Gasteiger partial charge in [-0.2, -0.15) is 0 Å². The number of hydrogen-bond acceptors (Lipinski definition) is 6. The van der Waals surface area contributed by atoms with Crippen LogP contribution in [0, 0.1) is 0 Å². The van der Waals surface area contributed by atoms with Gasteiger partial charge in [0.1, 0.15) is 10.8 Å². The van der Waals surface area contributed by atoms with E-state index < -0.39 is 0 Å². The number of pyridine rings is 1. The molecule has 0 radical (unpaired) electrons. The highest BCUT2D eigenvalue weighted by atomic mass is 35.5. The molecule has 8 heteroatoms. The standard InChI is InChI=1S/C23H19ClN4O2S/c1-30-20-5-3-2-4-18(20)17-12-13-25-14-19(17)22(29)26-23-28-27-21(31-23)11-8-15-6-9-16(24)10-7-15/h2-7,9-10,12-14H,8,11H2,1H3,(H,26,28,29). The van der Waals surface area contributed by atoms with Crippen molar-refractivity contribution in [1.29, 1.82) is 0 Å². The predicted octanol–water partition coefficient (Wildman–Crippen LogP) is 5.30. The van der Waals surface area contributed by atoms with Crippen LogP contribution in [0.25, 0.3) is 11.1 Å². The molecule has 0 unspecified atom stereocenters. The summed E-state index contributed by atoms with van der Waals surface area (Å²) in [6.07, 6.45) is 4.74. The molecule has 4 aromatic rings. The number of hydrogen-bond donors (Lipinski definition) is 1. The third-order valence-corrected chi connectivity index (χ3v) is 5.84. The third-order valence-electron chi connectivity index (χ3n) is 4.69. The summed E-state index contributed by atoms with van der Waals surface area (Å²) in [5.74, 6) is 0.387. The Kier molecular flexibility index (Phi) is 6.54. The zero-order chi connectivity index (χ0) is 21.6.